The van der Waals surface area contributed by atoms with Gasteiger partial charge in [0.2, 0.25) is 25.9 Å². The van der Waals surface area contributed by atoms with E-state index in [4.69, 9.17) is 33.5 Å². The Balaban J connectivity index is 2.91. The van der Waals surface area contributed by atoms with Crippen molar-refractivity contribution in [3.63, 3.8) is 0 Å². The number of sulfonamides is 3. The minimum Gasteiger partial charge on any atom is -0.276 e. The van der Waals surface area contributed by atoms with E-state index in [-0.39, 0.29) is 6.07 Å². The molecule has 19 heteroatoms. The molecular formula is C12H6Cl2F5N3O6S3. The van der Waals surface area contributed by atoms with E-state index in [1.807, 2.05) is 0 Å². The van der Waals surface area contributed by atoms with Crippen molar-refractivity contribution in [2.45, 2.75) is 14.7 Å². The summed E-state index contributed by atoms with van der Waals surface area (Å²) in [5, 5.41) is 7.45. The molecule has 0 saturated carbocycles. The Morgan fingerprint density at radius 2 is 1.06 bits per heavy atom. The third-order valence-corrected chi connectivity index (χ3v) is 7.64. The number of hydrogen-bond donors (Lipinski definition) is 3. The number of nitrogens with one attached hydrogen (secondary N) is 1. The summed E-state index contributed by atoms with van der Waals surface area (Å²) < 4.78 is 140. The van der Waals surface area contributed by atoms with Gasteiger partial charge in [-0.2, -0.15) is 0 Å². The summed E-state index contributed by atoms with van der Waals surface area (Å²) in [6.07, 6.45) is 0. The highest BCUT2D eigenvalue weighted by Crippen LogP contribution is 2.41. The molecule has 0 aliphatic heterocycles. The van der Waals surface area contributed by atoms with Gasteiger partial charge >= 0.3 is 0 Å². The second kappa shape index (κ2) is 7.98. The predicted octanol–water partition coefficient (Wildman–Crippen LogP) is 1.78. The molecule has 0 amide bonds. The normalized spacial score (nSPS) is 12.8. The molecule has 31 heavy (non-hydrogen) atoms. The molecule has 0 aliphatic rings. The number of halogens is 7. The van der Waals surface area contributed by atoms with Crippen molar-refractivity contribution in [1.29, 1.82) is 0 Å². The molecule has 0 atom stereocenters. The monoisotopic (exact) mass is 549 g/mol. The lowest BCUT2D eigenvalue weighted by atomic mass is 10.3. The molecule has 0 saturated heterocycles. The average molecular weight is 550 g/mol. The van der Waals surface area contributed by atoms with Crippen molar-refractivity contribution in [2.75, 3.05) is 4.72 Å². The molecule has 9 nitrogen and oxygen atoms in total. The zero-order chi connectivity index (χ0) is 24.3. The largest absolute Gasteiger partial charge is 0.276 e. The van der Waals surface area contributed by atoms with Gasteiger partial charge in [-0.3, -0.25) is 4.72 Å². The number of benzene rings is 2. The quantitative estimate of drug-likeness (QED) is 0.292. The molecule has 0 spiro atoms. The molecule has 2 aromatic rings. The van der Waals surface area contributed by atoms with E-state index < -0.39 is 89.6 Å². The van der Waals surface area contributed by atoms with Gasteiger partial charge < -0.3 is 0 Å². The topological polar surface area (TPSA) is 166 Å². The molecule has 0 heterocycles. The van der Waals surface area contributed by atoms with Gasteiger partial charge in [-0.1, -0.05) is 23.2 Å². The highest BCUT2D eigenvalue weighted by molar-refractivity contribution is 7.93. The van der Waals surface area contributed by atoms with Crippen molar-refractivity contribution < 1.29 is 47.2 Å². The van der Waals surface area contributed by atoms with Crippen LogP contribution in [0.4, 0.5) is 27.6 Å². The molecule has 0 aliphatic carbocycles. The van der Waals surface area contributed by atoms with Crippen molar-refractivity contribution in [2.24, 2.45) is 10.3 Å². The minimum atomic E-state index is -5.80. The lowest BCUT2D eigenvalue weighted by Gasteiger charge is -2.17. The number of primary sulfonamides is 2. The first-order valence-electron chi connectivity index (χ1n) is 6.94. The van der Waals surface area contributed by atoms with Crippen LogP contribution in [0.5, 0.6) is 0 Å². The number of nitrogens with two attached hydrogens (primary N) is 2. The molecule has 0 unspecified atom stereocenters. The Morgan fingerprint density at radius 1 is 0.677 bits per heavy atom. The van der Waals surface area contributed by atoms with Crippen molar-refractivity contribution in [3.8, 4) is 0 Å². The van der Waals surface area contributed by atoms with Crippen LogP contribution in [0.2, 0.25) is 10.0 Å². The van der Waals surface area contributed by atoms with Crippen LogP contribution in [-0.2, 0) is 30.1 Å². The molecule has 2 aromatic carbocycles. The summed E-state index contributed by atoms with van der Waals surface area (Å²) in [5.41, 5.74) is -1.36. The van der Waals surface area contributed by atoms with Crippen LogP contribution < -0.4 is 15.0 Å². The fourth-order valence-corrected chi connectivity index (χ4v) is 5.73. The third-order valence-electron chi connectivity index (χ3n) is 3.42. The first-order chi connectivity index (χ1) is 13.8. The lowest BCUT2D eigenvalue weighted by Crippen LogP contribution is -2.23. The molecule has 2 rings (SSSR count). The lowest BCUT2D eigenvalue weighted by molar-refractivity contribution is 0.358. The summed E-state index contributed by atoms with van der Waals surface area (Å²) in [6, 6.07) is 0.162. The predicted molar refractivity (Wildman–Crippen MR) is 96.2 cm³/mol. The van der Waals surface area contributed by atoms with Crippen LogP contribution in [0.15, 0.2) is 20.8 Å². The zero-order valence-corrected chi connectivity index (χ0v) is 18.0. The fraction of sp³-hybridized carbons (Fsp3) is 0. The van der Waals surface area contributed by atoms with E-state index in [1.165, 1.54) is 4.72 Å². The second-order valence-electron chi connectivity index (χ2n) is 5.47. The van der Waals surface area contributed by atoms with Gasteiger partial charge in [0.15, 0.2) is 28.2 Å². The first-order valence-corrected chi connectivity index (χ1v) is 12.3. The maximum Gasteiger partial charge on any atom is 0.268 e. The highest BCUT2D eigenvalue weighted by Gasteiger charge is 2.36. The number of hydrogen-bond acceptors (Lipinski definition) is 6. The van der Waals surface area contributed by atoms with Crippen molar-refractivity contribution >= 4 is 59.0 Å². The Kier molecular flexibility index (Phi) is 6.57. The molecule has 0 fully saturated rings. The van der Waals surface area contributed by atoms with E-state index in [0.29, 0.717) is 0 Å². The maximum atomic E-state index is 13.9. The Morgan fingerprint density at radius 3 is 1.45 bits per heavy atom. The third kappa shape index (κ3) is 4.57. The van der Waals surface area contributed by atoms with Gasteiger partial charge in [0, 0.05) is 0 Å². The molecule has 0 aromatic heterocycles. The number of rotatable bonds is 5. The standard InChI is InChI=1S/C12H6Cl2F5N3O6S3/c13-4-2(29(20,23)24)1-3(30(21,25)26)11(5(4)14)22-31(27,28)12-9(18)7(16)6(15)8(17)10(12)19/h1,22H,(H2,20,23,24)(H2,21,25,26). The molecular weight excluding hydrogens is 544 g/mol. The van der Waals surface area contributed by atoms with Crippen molar-refractivity contribution in [3.05, 3.63) is 45.2 Å². The van der Waals surface area contributed by atoms with E-state index >= 15 is 0 Å². The SMILES string of the molecule is NS(=O)(=O)c1cc(S(N)(=O)=O)c(NS(=O)(=O)c2c(F)c(F)c(F)c(F)c2F)c(Cl)c1Cl. The Labute approximate surface area is 180 Å². The van der Waals surface area contributed by atoms with Gasteiger partial charge in [-0.05, 0) is 6.07 Å². The summed E-state index contributed by atoms with van der Waals surface area (Å²) in [6.45, 7) is 0. The molecule has 5 N–H and O–H groups in total. The summed E-state index contributed by atoms with van der Waals surface area (Å²) in [5.74, 6) is -13.5. The smallest absolute Gasteiger partial charge is 0.268 e. The van der Waals surface area contributed by atoms with E-state index in [9.17, 15) is 47.2 Å². The van der Waals surface area contributed by atoms with Gasteiger partial charge in [0.05, 0.1) is 15.7 Å². The van der Waals surface area contributed by atoms with Gasteiger partial charge in [0.25, 0.3) is 10.0 Å². The number of anilines is 1. The van der Waals surface area contributed by atoms with Crippen molar-refractivity contribution in [1.82, 2.24) is 0 Å². The summed E-state index contributed by atoms with van der Waals surface area (Å²) in [7, 11) is -15.6. The fourth-order valence-electron chi connectivity index (χ4n) is 2.11. The Bertz CT molecular complexity index is 1420. The molecule has 0 bridgehead atoms. The van der Waals surface area contributed by atoms with Crippen LogP contribution in [0, 0.1) is 29.1 Å². The molecule has 172 valence electrons. The van der Waals surface area contributed by atoms with Crippen LogP contribution >= 0.6 is 23.2 Å². The van der Waals surface area contributed by atoms with Crippen LogP contribution in [-0.4, -0.2) is 25.3 Å². The van der Waals surface area contributed by atoms with E-state index in [2.05, 4.69) is 0 Å². The minimum absolute atomic E-state index is 0.162. The average Bonchev–Trinajstić information content (AvgIpc) is 2.60. The van der Waals surface area contributed by atoms with Gasteiger partial charge in [0.1, 0.15) is 9.79 Å². The Hall–Kier alpha value is -1.76. The maximum absolute atomic E-state index is 13.9. The van der Waals surface area contributed by atoms with Crippen LogP contribution in [0.3, 0.4) is 0 Å². The van der Waals surface area contributed by atoms with E-state index in [0.717, 1.165) is 0 Å². The highest BCUT2D eigenvalue weighted by atomic mass is 35.5. The summed E-state index contributed by atoms with van der Waals surface area (Å²) in [4.78, 5) is -4.94. The van der Waals surface area contributed by atoms with Crippen LogP contribution in [0.25, 0.3) is 0 Å². The van der Waals surface area contributed by atoms with Crippen LogP contribution in [0.1, 0.15) is 0 Å². The zero-order valence-electron chi connectivity index (χ0n) is 14.1. The van der Waals surface area contributed by atoms with Gasteiger partial charge in [-0.25, -0.2) is 57.5 Å². The second-order valence-corrected chi connectivity index (χ2v) is 10.9. The van der Waals surface area contributed by atoms with E-state index in [1.54, 1.807) is 0 Å². The molecule has 0 radical (unpaired) electrons. The van der Waals surface area contributed by atoms with Gasteiger partial charge in [-0.15, -0.1) is 0 Å². The first kappa shape index (κ1) is 25.5. The summed E-state index contributed by atoms with van der Waals surface area (Å²) >= 11 is 11.3.